The Morgan fingerprint density at radius 3 is 2.26 bits per heavy atom. The molecular weight excluding hydrogens is 316 g/mol. The van der Waals surface area contributed by atoms with Crippen molar-refractivity contribution in [1.82, 2.24) is 4.72 Å². The molecule has 0 aliphatic rings. The van der Waals surface area contributed by atoms with Crippen LogP contribution in [0.5, 0.6) is 0 Å². The summed E-state index contributed by atoms with van der Waals surface area (Å²) in [5.41, 5.74) is 1.03. The van der Waals surface area contributed by atoms with Gasteiger partial charge in [-0.1, -0.05) is 30.3 Å². The van der Waals surface area contributed by atoms with Gasteiger partial charge in [0.2, 0.25) is 10.0 Å². The van der Waals surface area contributed by atoms with E-state index >= 15 is 0 Å². The summed E-state index contributed by atoms with van der Waals surface area (Å²) in [6, 6.07) is 14.6. The number of nitrogens with zero attached hydrogens (tertiary/aromatic N) is 1. The molecule has 1 atom stereocenters. The molecule has 0 aliphatic carbocycles. The molecule has 2 N–H and O–H groups in total. The van der Waals surface area contributed by atoms with Crippen molar-refractivity contribution in [2.24, 2.45) is 0 Å². The van der Waals surface area contributed by atoms with Gasteiger partial charge in [-0.15, -0.1) is 0 Å². The lowest BCUT2D eigenvalue weighted by atomic mass is 10.1. The van der Waals surface area contributed by atoms with Crippen LogP contribution in [0.15, 0.2) is 59.5 Å². The van der Waals surface area contributed by atoms with Crippen LogP contribution in [0.2, 0.25) is 0 Å². The van der Waals surface area contributed by atoms with Gasteiger partial charge in [0.25, 0.3) is 0 Å². The highest BCUT2D eigenvalue weighted by Gasteiger charge is 2.25. The zero-order valence-corrected chi connectivity index (χ0v) is 12.8. The summed E-state index contributed by atoms with van der Waals surface area (Å²) in [5, 5.41) is 18.0. The molecule has 0 amide bonds. The van der Waals surface area contributed by atoms with Crippen LogP contribution >= 0.6 is 0 Å². The molecule has 0 radical (unpaired) electrons. The second-order valence-electron chi connectivity index (χ2n) is 4.84. The minimum Gasteiger partial charge on any atom is -0.480 e. The summed E-state index contributed by atoms with van der Waals surface area (Å²) in [6.45, 7) is 0. The van der Waals surface area contributed by atoms with Gasteiger partial charge < -0.3 is 5.11 Å². The molecule has 7 heteroatoms. The summed E-state index contributed by atoms with van der Waals surface area (Å²) in [5.74, 6) is -1.26. The predicted molar refractivity (Wildman–Crippen MR) is 83.0 cm³/mol. The van der Waals surface area contributed by atoms with E-state index in [-0.39, 0.29) is 11.3 Å². The topological polar surface area (TPSA) is 107 Å². The molecule has 6 nitrogen and oxygen atoms in total. The van der Waals surface area contributed by atoms with Crippen LogP contribution in [0.25, 0.3) is 0 Å². The molecule has 0 spiro atoms. The zero-order chi connectivity index (χ0) is 16.9. The fourth-order valence-corrected chi connectivity index (χ4v) is 3.18. The van der Waals surface area contributed by atoms with Crippen molar-refractivity contribution in [2.45, 2.75) is 17.4 Å². The van der Waals surface area contributed by atoms with Crippen LogP contribution in [0, 0.1) is 11.3 Å². The molecule has 0 aromatic heterocycles. The van der Waals surface area contributed by atoms with E-state index in [4.69, 9.17) is 5.26 Å². The molecule has 0 heterocycles. The second-order valence-corrected chi connectivity index (χ2v) is 6.55. The normalized spacial score (nSPS) is 12.3. The summed E-state index contributed by atoms with van der Waals surface area (Å²) in [4.78, 5) is 11.3. The molecular formula is C16H14N2O4S. The lowest BCUT2D eigenvalue weighted by Gasteiger charge is -2.15. The third-order valence-corrected chi connectivity index (χ3v) is 4.66. The molecule has 0 aliphatic heterocycles. The fourth-order valence-electron chi connectivity index (χ4n) is 1.99. The van der Waals surface area contributed by atoms with Crippen LogP contribution in [-0.2, 0) is 21.2 Å². The highest BCUT2D eigenvalue weighted by atomic mass is 32.2. The van der Waals surface area contributed by atoms with Crippen LogP contribution in [0.1, 0.15) is 11.1 Å². The molecule has 23 heavy (non-hydrogen) atoms. The highest BCUT2D eigenvalue weighted by molar-refractivity contribution is 7.89. The first-order valence-corrected chi connectivity index (χ1v) is 8.20. The summed E-state index contributed by atoms with van der Waals surface area (Å²) in [7, 11) is -3.99. The Balaban J connectivity index is 2.21. The summed E-state index contributed by atoms with van der Waals surface area (Å²) in [6.07, 6.45) is 0.0334. The Morgan fingerprint density at radius 2 is 1.74 bits per heavy atom. The van der Waals surface area contributed by atoms with Gasteiger partial charge in [0.1, 0.15) is 6.04 Å². The van der Waals surface area contributed by atoms with E-state index in [0.717, 1.165) is 0 Å². The minimum atomic E-state index is -3.99. The quantitative estimate of drug-likeness (QED) is 0.835. The first kappa shape index (κ1) is 16.7. The van der Waals surface area contributed by atoms with Gasteiger partial charge in [-0.3, -0.25) is 4.79 Å². The summed E-state index contributed by atoms with van der Waals surface area (Å²) >= 11 is 0. The molecule has 1 unspecified atom stereocenters. The van der Waals surface area contributed by atoms with E-state index in [1.807, 2.05) is 6.07 Å². The lowest BCUT2D eigenvalue weighted by molar-refractivity contribution is -0.138. The van der Waals surface area contributed by atoms with Gasteiger partial charge in [0.15, 0.2) is 0 Å². The van der Waals surface area contributed by atoms with Crippen LogP contribution in [0.3, 0.4) is 0 Å². The van der Waals surface area contributed by atoms with Crippen molar-refractivity contribution in [2.75, 3.05) is 0 Å². The number of carboxylic acids is 1. The van der Waals surface area contributed by atoms with Crippen molar-refractivity contribution >= 4 is 16.0 Å². The highest BCUT2D eigenvalue weighted by Crippen LogP contribution is 2.12. The monoisotopic (exact) mass is 330 g/mol. The Kier molecular flexibility index (Phi) is 5.11. The average molecular weight is 330 g/mol. The number of rotatable bonds is 6. The Labute approximate surface area is 134 Å². The third-order valence-electron chi connectivity index (χ3n) is 3.17. The first-order valence-electron chi connectivity index (χ1n) is 6.71. The van der Waals surface area contributed by atoms with Crippen molar-refractivity contribution < 1.29 is 18.3 Å². The van der Waals surface area contributed by atoms with Crippen molar-refractivity contribution in [1.29, 1.82) is 5.26 Å². The van der Waals surface area contributed by atoms with Gasteiger partial charge in [0, 0.05) is 0 Å². The standard InChI is InChI=1S/C16H14N2O4S/c17-11-13-6-8-14(9-7-13)23(21,22)18-15(16(19)20)10-12-4-2-1-3-5-12/h1-9,15,18H,10H2,(H,19,20). The smallest absolute Gasteiger partial charge is 0.322 e. The number of nitrogens with one attached hydrogen (secondary N) is 1. The number of benzene rings is 2. The van der Waals surface area contributed by atoms with Gasteiger partial charge >= 0.3 is 5.97 Å². The van der Waals surface area contributed by atoms with Crippen molar-refractivity contribution in [3.63, 3.8) is 0 Å². The van der Waals surface area contributed by atoms with Gasteiger partial charge in [-0.2, -0.15) is 9.98 Å². The number of aliphatic carboxylic acids is 1. The van der Waals surface area contributed by atoms with Crippen LogP contribution in [-0.4, -0.2) is 25.5 Å². The Morgan fingerprint density at radius 1 is 1.13 bits per heavy atom. The van der Waals surface area contributed by atoms with E-state index in [9.17, 15) is 18.3 Å². The number of hydrogen-bond donors (Lipinski definition) is 2. The van der Waals surface area contributed by atoms with E-state index in [0.29, 0.717) is 11.1 Å². The average Bonchev–Trinajstić information content (AvgIpc) is 2.55. The SMILES string of the molecule is N#Cc1ccc(S(=O)(=O)NC(Cc2ccccc2)C(=O)O)cc1. The third kappa shape index (κ3) is 4.39. The van der Waals surface area contributed by atoms with E-state index < -0.39 is 22.0 Å². The molecule has 118 valence electrons. The number of hydrogen-bond acceptors (Lipinski definition) is 4. The maximum Gasteiger partial charge on any atom is 0.322 e. The molecule has 2 aromatic carbocycles. The Hall–Kier alpha value is -2.69. The van der Waals surface area contributed by atoms with E-state index in [1.165, 1.54) is 24.3 Å². The molecule has 0 saturated carbocycles. The van der Waals surface area contributed by atoms with Crippen molar-refractivity contribution in [3.8, 4) is 6.07 Å². The number of carbonyl (C=O) groups is 1. The number of sulfonamides is 1. The van der Waals surface area contributed by atoms with Gasteiger partial charge in [0.05, 0.1) is 16.5 Å². The van der Waals surface area contributed by atoms with Crippen LogP contribution in [0.4, 0.5) is 0 Å². The molecule has 0 bridgehead atoms. The van der Waals surface area contributed by atoms with Gasteiger partial charge in [-0.05, 0) is 36.2 Å². The summed E-state index contributed by atoms with van der Waals surface area (Å²) < 4.78 is 26.7. The predicted octanol–water partition coefficient (Wildman–Crippen LogP) is 1.53. The van der Waals surface area contributed by atoms with E-state index in [2.05, 4.69) is 4.72 Å². The fraction of sp³-hybridized carbons (Fsp3) is 0.125. The lowest BCUT2D eigenvalue weighted by Crippen LogP contribution is -2.42. The maximum absolute atomic E-state index is 12.3. The largest absolute Gasteiger partial charge is 0.480 e. The van der Waals surface area contributed by atoms with Crippen LogP contribution < -0.4 is 4.72 Å². The number of nitriles is 1. The zero-order valence-electron chi connectivity index (χ0n) is 12.0. The molecule has 2 aromatic rings. The van der Waals surface area contributed by atoms with Crippen molar-refractivity contribution in [3.05, 3.63) is 65.7 Å². The Bertz CT molecular complexity index is 825. The molecule has 0 fully saturated rings. The van der Waals surface area contributed by atoms with E-state index in [1.54, 1.807) is 30.3 Å². The molecule has 0 saturated heterocycles. The first-order chi connectivity index (χ1) is 10.9. The minimum absolute atomic E-state index is 0.0334. The second kappa shape index (κ2) is 7.05. The number of carboxylic acid groups (broad SMARTS) is 1. The molecule has 2 rings (SSSR count). The maximum atomic E-state index is 12.3. The van der Waals surface area contributed by atoms with Gasteiger partial charge in [-0.25, -0.2) is 8.42 Å².